The summed E-state index contributed by atoms with van der Waals surface area (Å²) in [6.07, 6.45) is 2.76. The second-order valence-corrected chi connectivity index (χ2v) is 10.5. The van der Waals surface area contributed by atoms with Gasteiger partial charge in [0.2, 0.25) is 0 Å². The maximum absolute atomic E-state index is 9.69. The Morgan fingerprint density at radius 3 is 2.63 bits per heavy atom. The summed E-state index contributed by atoms with van der Waals surface area (Å²) in [5, 5.41) is 9.69. The van der Waals surface area contributed by atoms with Gasteiger partial charge in [-0.1, -0.05) is 6.07 Å². The van der Waals surface area contributed by atoms with Crippen molar-refractivity contribution in [1.29, 1.82) is 5.26 Å². The van der Waals surface area contributed by atoms with Crippen molar-refractivity contribution in [2.75, 3.05) is 7.11 Å². The van der Waals surface area contributed by atoms with Gasteiger partial charge in [0.25, 0.3) is 0 Å². The van der Waals surface area contributed by atoms with Crippen molar-refractivity contribution in [3.63, 3.8) is 0 Å². The molecule has 0 radical (unpaired) electrons. The highest BCUT2D eigenvalue weighted by Crippen LogP contribution is 2.41. The Balaban J connectivity index is 2.48. The van der Waals surface area contributed by atoms with Gasteiger partial charge in [0.05, 0.1) is 7.11 Å². The smallest absolute Gasteiger partial charge is 0.186 e. The third kappa shape index (κ3) is 2.83. The first-order valence-electron chi connectivity index (χ1n) is 6.69. The van der Waals surface area contributed by atoms with E-state index in [4.69, 9.17) is 9.16 Å². The van der Waals surface area contributed by atoms with E-state index in [0.29, 0.717) is 0 Å². The highest BCUT2D eigenvalue weighted by molar-refractivity contribution is 6.69. The molecule has 0 amide bonds. The van der Waals surface area contributed by atoms with Crippen LogP contribution in [0.3, 0.4) is 0 Å². The summed E-state index contributed by atoms with van der Waals surface area (Å²) in [5.41, 5.74) is 1.46. The van der Waals surface area contributed by atoms with E-state index in [1.165, 1.54) is 5.56 Å². The predicted octanol–water partition coefficient (Wildman–Crippen LogP) is 3.60. The Kier molecular flexibility index (Phi) is 3.70. The Morgan fingerprint density at radius 2 is 2.05 bits per heavy atom. The molecule has 1 aromatic carbocycles. The first kappa shape index (κ1) is 14.1. The van der Waals surface area contributed by atoms with Crippen molar-refractivity contribution in [1.82, 2.24) is 0 Å². The second kappa shape index (κ2) is 4.99. The van der Waals surface area contributed by atoms with Gasteiger partial charge in [0.15, 0.2) is 13.9 Å². The van der Waals surface area contributed by atoms with E-state index in [0.717, 1.165) is 30.6 Å². The van der Waals surface area contributed by atoms with E-state index in [1.807, 2.05) is 18.2 Å². The van der Waals surface area contributed by atoms with Crippen LogP contribution in [0.4, 0.5) is 0 Å². The second-order valence-electron chi connectivity index (χ2n) is 6.03. The maximum atomic E-state index is 9.69. The van der Waals surface area contributed by atoms with Crippen LogP contribution in [0.1, 0.15) is 24.0 Å². The Hall–Kier alpha value is -1.31. The largest absolute Gasteiger partial charge is 0.497 e. The lowest BCUT2D eigenvalue weighted by Crippen LogP contribution is -2.41. The molecule has 19 heavy (non-hydrogen) atoms. The van der Waals surface area contributed by atoms with Crippen molar-refractivity contribution >= 4 is 8.32 Å². The summed E-state index contributed by atoms with van der Waals surface area (Å²) in [7, 11) is -0.115. The Bertz CT molecular complexity index is 516. The lowest BCUT2D eigenvalue weighted by atomic mass is 9.80. The van der Waals surface area contributed by atoms with Crippen molar-refractivity contribution in [2.24, 2.45) is 0 Å². The lowest BCUT2D eigenvalue weighted by Gasteiger charge is -2.38. The van der Waals surface area contributed by atoms with Gasteiger partial charge in [-0.25, -0.2) is 0 Å². The number of fused-ring (bicyclic) bond motifs is 1. The minimum absolute atomic E-state index is 0.760. The average Bonchev–Trinajstić information content (AvgIpc) is 2.36. The minimum atomic E-state index is -1.78. The summed E-state index contributed by atoms with van der Waals surface area (Å²) >= 11 is 0. The van der Waals surface area contributed by atoms with Gasteiger partial charge in [-0.05, 0) is 56.6 Å². The number of nitriles is 1. The SMILES string of the molecule is COc1ccc2c(c1)CCCC2(C#N)O[Si](C)(C)C. The fourth-order valence-electron chi connectivity index (χ4n) is 2.73. The van der Waals surface area contributed by atoms with E-state index in [9.17, 15) is 5.26 Å². The third-order valence-electron chi connectivity index (χ3n) is 3.38. The molecule has 0 N–H and O–H groups in total. The van der Waals surface area contributed by atoms with Gasteiger partial charge in [-0.2, -0.15) is 5.26 Å². The highest BCUT2D eigenvalue weighted by atomic mass is 28.4. The van der Waals surface area contributed by atoms with Gasteiger partial charge in [-0.3, -0.25) is 0 Å². The topological polar surface area (TPSA) is 42.2 Å². The predicted molar refractivity (Wildman–Crippen MR) is 77.7 cm³/mol. The zero-order valence-electron chi connectivity index (χ0n) is 12.1. The maximum Gasteiger partial charge on any atom is 0.186 e. The van der Waals surface area contributed by atoms with Crippen LogP contribution in [0.5, 0.6) is 5.75 Å². The first-order chi connectivity index (χ1) is 8.90. The van der Waals surface area contributed by atoms with Gasteiger partial charge >= 0.3 is 0 Å². The zero-order chi connectivity index (χ0) is 14.1. The molecule has 3 nitrogen and oxygen atoms in total. The fourth-order valence-corrected chi connectivity index (χ4v) is 4.03. The molecule has 0 saturated carbocycles. The van der Waals surface area contributed by atoms with Crippen LogP contribution in [0.2, 0.25) is 19.6 Å². The van der Waals surface area contributed by atoms with Crippen molar-refractivity contribution in [2.45, 2.75) is 44.5 Å². The minimum Gasteiger partial charge on any atom is -0.497 e. The number of benzene rings is 1. The Labute approximate surface area is 116 Å². The number of aryl methyl sites for hydroxylation is 1. The Morgan fingerprint density at radius 1 is 1.32 bits per heavy atom. The summed E-state index contributed by atoms with van der Waals surface area (Å²) in [5.74, 6) is 0.848. The fraction of sp³-hybridized carbons (Fsp3) is 0.533. The molecule has 2 rings (SSSR count). The van der Waals surface area contributed by atoms with Crippen LogP contribution in [0, 0.1) is 11.3 Å². The quantitative estimate of drug-likeness (QED) is 0.791. The molecule has 0 aliphatic heterocycles. The molecule has 1 aliphatic rings. The van der Waals surface area contributed by atoms with Gasteiger partial charge < -0.3 is 9.16 Å². The van der Waals surface area contributed by atoms with E-state index < -0.39 is 13.9 Å². The molecule has 4 heteroatoms. The number of methoxy groups -OCH3 is 1. The number of hydrogen-bond donors (Lipinski definition) is 0. The normalized spacial score (nSPS) is 22.5. The molecule has 0 fully saturated rings. The molecule has 0 bridgehead atoms. The van der Waals surface area contributed by atoms with Crippen LogP contribution >= 0.6 is 0 Å². The van der Waals surface area contributed by atoms with Crippen molar-refractivity contribution < 1.29 is 9.16 Å². The van der Waals surface area contributed by atoms with Gasteiger partial charge in [0.1, 0.15) is 11.8 Å². The summed E-state index contributed by atoms with van der Waals surface area (Å²) in [4.78, 5) is 0. The van der Waals surface area contributed by atoms with Gasteiger partial charge in [0, 0.05) is 5.56 Å². The molecule has 0 heterocycles. The molecular formula is C15H21NO2Si. The molecule has 0 spiro atoms. The molecule has 0 saturated heterocycles. The lowest BCUT2D eigenvalue weighted by molar-refractivity contribution is 0.0983. The molecule has 102 valence electrons. The van der Waals surface area contributed by atoms with Crippen LogP contribution in [-0.4, -0.2) is 15.4 Å². The highest BCUT2D eigenvalue weighted by Gasteiger charge is 2.41. The monoisotopic (exact) mass is 275 g/mol. The molecule has 1 atom stereocenters. The van der Waals surface area contributed by atoms with Crippen LogP contribution in [0.25, 0.3) is 0 Å². The van der Waals surface area contributed by atoms with E-state index in [-0.39, 0.29) is 0 Å². The van der Waals surface area contributed by atoms with Crippen LogP contribution in [0.15, 0.2) is 18.2 Å². The van der Waals surface area contributed by atoms with Crippen LogP contribution in [-0.2, 0) is 16.4 Å². The first-order valence-corrected chi connectivity index (χ1v) is 10.1. The molecule has 1 aliphatic carbocycles. The van der Waals surface area contributed by atoms with Gasteiger partial charge in [-0.15, -0.1) is 0 Å². The number of rotatable bonds is 3. The average molecular weight is 275 g/mol. The molecule has 1 aromatic rings. The van der Waals surface area contributed by atoms with E-state index in [1.54, 1.807) is 7.11 Å². The molecule has 1 unspecified atom stereocenters. The van der Waals surface area contributed by atoms with Crippen LogP contribution < -0.4 is 4.74 Å². The number of hydrogen-bond acceptors (Lipinski definition) is 3. The number of ether oxygens (including phenoxy) is 1. The standard InChI is InChI=1S/C15H21NO2Si/c1-17-13-7-8-14-12(10-13)6-5-9-15(14,11-16)18-19(2,3)4/h7-8,10H,5-6,9H2,1-4H3. The third-order valence-corrected chi connectivity index (χ3v) is 4.34. The summed E-state index contributed by atoms with van der Waals surface area (Å²) in [6, 6.07) is 8.39. The molecule has 0 aromatic heterocycles. The summed E-state index contributed by atoms with van der Waals surface area (Å²) in [6.45, 7) is 6.39. The molecular weight excluding hydrogens is 254 g/mol. The zero-order valence-corrected chi connectivity index (χ0v) is 13.1. The van der Waals surface area contributed by atoms with E-state index in [2.05, 4.69) is 25.7 Å². The number of nitrogens with zero attached hydrogens (tertiary/aromatic N) is 1. The summed E-state index contributed by atoms with van der Waals surface area (Å²) < 4.78 is 11.5. The van der Waals surface area contributed by atoms with Crippen molar-refractivity contribution in [3.8, 4) is 11.8 Å². The van der Waals surface area contributed by atoms with Crippen molar-refractivity contribution in [3.05, 3.63) is 29.3 Å². The van der Waals surface area contributed by atoms with E-state index >= 15 is 0 Å².